The average Bonchev–Trinajstić information content (AvgIpc) is 2.88. The van der Waals surface area contributed by atoms with Crippen molar-refractivity contribution in [1.82, 2.24) is 0 Å². The highest BCUT2D eigenvalue weighted by atomic mass is 31.2. The van der Waals surface area contributed by atoms with Crippen molar-refractivity contribution in [3.05, 3.63) is 106 Å². The van der Waals surface area contributed by atoms with E-state index < -0.39 is 77.0 Å². The number of phosphoric acid groups is 1. The van der Waals surface area contributed by atoms with Crippen molar-refractivity contribution in [2.75, 3.05) is 0 Å². The van der Waals surface area contributed by atoms with Gasteiger partial charge in [-0.15, -0.1) is 0 Å². The van der Waals surface area contributed by atoms with Crippen LogP contribution in [-0.2, 0) is 18.1 Å². The third-order valence-corrected chi connectivity index (χ3v) is 5.88. The summed E-state index contributed by atoms with van der Waals surface area (Å²) in [6, 6.07) is 13.4. The molecule has 3 aromatic rings. The largest absolute Gasteiger partial charge is 0.654 e. The summed E-state index contributed by atoms with van der Waals surface area (Å²) in [5, 5.41) is 27.9. The zero-order chi connectivity index (χ0) is 28.0. The van der Waals surface area contributed by atoms with E-state index in [1.807, 2.05) is 0 Å². The predicted octanol–water partition coefficient (Wildman–Crippen LogP) is 3.76. The number of benzene rings is 3. The van der Waals surface area contributed by atoms with E-state index in [9.17, 15) is 48.7 Å². The van der Waals surface area contributed by atoms with Crippen LogP contribution in [0, 0.1) is 0 Å². The van der Waals surface area contributed by atoms with Crippen LogP contribution in [0.2, 0.25) is 0 Å². The summed E-state index contributed by atoms with van der Waals surface area (Å²) in [4.78, 5) is 72.6. The molecular formula is C24H15O13P. The topological polar surface area (TPSA) is 208 Å². The van der Waals surface area contributed by atoms with Crippen LogP contribution in [0.25, 0.3) is 0 Å². The summed E-state index contributed by atoms with van der Waals surface area (Å²) >= 11 is 0. The molecule has 0 saturated heterocycles. The first-order valence-corrected chi connectivity index (χ1v) is 11.7. The number of rotatable bonds is 9. The minimum Gasteiger partial charge on any atom is -0.478 e. The Morgan fingerprint density at radius 3 is 0.868 bits per heavy atom. The maximum atomic E-state index is 13.4. The van der Waals surface area contributed by atoms with Crippen molar-refractivity contribution >= 4 is 43.6 Å². The Morgan fingerprint density at radius 2 is 0.658 bits per heavy atom. The molecule has 13 nitrogen and oxygen atoms in total. The van der Waals surface area contributed by atoms with Crippen LogP contribution in [0.3, 0.4) is 0 Å². The highest BCUT2D eigenvalue weighted by Gasteiger charge is 2.42. The third-order valence-electron chi connectivity index (χ3n) is 4.72. The minimum absolute atomic E-state index is 0.603. The van der Waals surface area contributed by atoms with E-state index in [2.05, 4.69) is 13.6 Å². The molecule has 0 unspecified atom stereocenters. The van der Waals surface area contributed by atoms with Gasteiger partial charge in [0.25, 0.3) is 0 Å². The molecule has 0 heterocycles. The van der Waals surface area contributed by atoms with Gasteiger partial charge in [0.2, 0.25) is 0 Å². The Labute approximate surface area is 212 Å². The van der Waals surface area contributed by atoms with Gasteiger partial charge in [0, 0.05) is 0 Å². The molecule has 0 aliphatic heterocycles. The number of aromatic carboxylic acids is 3. The normalized spacial score (nSPS) is 10.6. The molecule has 0 aliphatic carbocycles. The zero-order valence-electron chi connectivity index (χ0n) is 18.8. The molecule has 3 aromatic carbocycles. The first kappa shape index (κ1) is 27.3. The molecule has 0 fully saturated rings. The summed E-state index contributed by atoms with van der Waals surface area (Å²) in [5.41, 5.74) is -3.80. The summed E-state index contributed by atoms with van der Waals surface area (Å²) in [6.07, 6.45) is 0. The van der Waals surface area contributed by atoms with E-state index in [-0.39, 0.29) is 0 Å². The number of carboxylic acid groups (broad SMARTS) is 3. The average molecular weight is 542 g/mol. The van der Waals surface area contributed by atoms with Gasteiger partial charge in [-0.05, 0) is 36.4 Å². The predicted molar refractivity (Wildman–Crippen MR) is 124 cm³/mol. The van der Waals surface area contributed by atoms with Crippen molar-refractivity contribution in [3.63, 3.8) is 0 Å². The van der Waals surface area contributed by atoms with Gasteiger partial charge in [-0.1, -0.05) is 36.4 Å². The summed E-state index contributed by atoms with van der Waals surface area (Å²) in [5.74, 6) is -9.67. The van der Waals surface area contributed by atoms with Gasteiger partial charge in [0.15, 0.2) is 0 Å². The lowest BCUT2D eigenvalue weighted by Gasteiger charge is -2.18. The molecule has 0 atom stereocenters. The lowest BCUT2D eigenvalue weighted by Crippen LogP contribution is -2.18. The van der Waals surface area contributed by atoms with Gasteiger partial charge in [-0.3, -0.25) is 0 Å². The van der Waals surface area contributed by atoms with E-state index in [0.29, 0.717) is 0 Å². The van der Waals surface area contributed by atoms with Gasteiger partial charge >= 0.3 is 43.6 Å². The Kier molecular flexibility index (Phi) is 8.04. The molecule has 14 heteroatoms. The highest BCUT2D eigenvalue weighted by molar-refractivity contribution is 7.50. The second-order valence-electron chi connectivity index (χ2n) is 7.14. The van der Waals surface area contributed by atoms with E-state index in [4.69, 9.17) is 0 Å². The number of hydrogen-bond donors (Lipinski definition) is 3. The van der Waals surface area contributed by atoms with Crippen molar-refractivity contribution in [1.29, 1.82) is 0 Å². The van der Waals surface area contributed by atoms with Gasteiger partial charge in [0.1, 0.15) is 0 Å². The van der Waals surface area contributed by atoms with Crippen molar-refractivity contribution < 1.29 is 62.2 Å². The standard InChI is InChI=1S/C24H15O13P/c25-19(26)13-7-1-4-10-16(13)22(31)35-38(34,36-23(32)17-11-5-2-8-14(17)20(27)28)37-24(33)18-12-6-3-9-15(18)21(29)30/h1-12H,(H,25,26)(H,27,28)(H,29,30). The molecule has 0 amide bonds. The molecule has 0 saturated carbocycles. The molecule has 0 aromatic heterocycles. The van der Waals surface area contributed by atoms with E-state index in [1.165, 1.54) is 36.4 Å². The van der Waals surface area contributed by atoms with Crippen LogP contribution >= 0.6 is 7.82 Å². The fourth-order valence-corrected chi connectivity index (χ4v) is 4.07. The molecule has 0 aliphatic rings. The lowest BCUT2D eigenvalue weighted by molar-refractivity contribution is 0.0452. The van der Waals surface area contributed by atoms with Gasteiger partial charge in [0.05, 0.1) is 33.4 Å². The Balaban J connectivity index is 2.03. The van der Waals surface area contributed by atoms with Crippen LogP contribution in [0.4, 0.5) is 0 Å². The van der Waals surface area contributed by atoms with Crippen LogP contribution in [0.5, 0.6) is 0 Å². The van der Waals surface area contributed by atoms with Gasteiger partial charge < -0.3 is 28.9 Å². The molecule has 194 valence electrons. The SMILES string of the molecule is O=C(O)c1ccccc1C(=O)OP(=O)(OC(=O)c1ccccc1C(=O)O)OC(=O)c1ccccc1C(=O)O. The number of carbonyl (C=O) groups is 6. The Bertz CT molecular complexity index is 1350. The number of hydrogen-bond acceptors (Lipinski definition) is 10. The van der Waals surface area contributed by atoms with Crippen LogP contribution in [0.1, 0.15) is 62.1 Å². The van der Waals surface area contributed by atoms with Crippen LogP contribution < -0.4 is 0 Å². The molecular weight excluding hydrogens is 527 g/mol. The molecule has 0 radical (unpaired) electrons. The van der Waals surface area contributed by atoms with Gasteiger partial charge in [-0.2, -0.15) is 4.57 Å². The quantitative estimate of drug-likeness (QED) is 0.329. The first-order valence-electron chi connectivity index (χ1n) is 10.2. The monoisotopic (exact) mass is 542 g/mol. The number of carbonyl (C=O) groups excluding carboxylic acids is 3. The third kappa shape index (κ3) is 6.09. The molecule has 38 heavy (non-hydrogen) atoms. The van der Waals surface area contributed by atoms with Gasteiger partial charge in [-0.25, -0.2) is 28.8 Å². The Hall–Kier alpha value is -5.29. The smallest absolute Gasteiger partial charge is 0.478 e. The second-order valence-corrected chi connectivity index (χ2v) is 8.58. The summed E-state index contributed by atoms with van der Waals surface area (Å²) in [6.45, 7) is 0. The van der Waals surface area contributed by atoms with E-state index >= 15 is 0 Å². The lowest BCUT2D eigenvalue weighted by atomic mass is 10.1. The minimum atomic E-state index is -5.66. The molecule has 0 bridgehead atoms. The fourth-order valence-electron chi connectivity index (χ4n) is 3.05. The van der Waals surface area contributed by atoms with Crippen molar-refractivity contribution in [2.24, 2.45) is 0 Å². The second kappa shape index (κ2) is 11.2. The first-order chi connectivity index (χ1) is 17.9. The fraction of sp³-hybridized carbons (Fsp3) is 0. The maximum Gasteiger partial charge on any atom is 0.654 e. The zero-order valence-corrected chi connectivity index (χ0v) is 19.7. The molecule has 0 spiro atoms. The summed E-state index contributed by atoms with van der Waals surface area (Å²) < 4.78 is 27.5. The van der Waals surface area contributed by atoms with Crippen LogP contribution in [0.15, 0.2) is 72.8 Å². The number of phosphoric ester groups is 1. The van der Waals surface area contributed by atoms with Crippen LogP contribution in [-0.4, -0.2) is 51.1 Å². The highest BCUT2D eigenvalue weighted by Crippen LogP contribution is 2.52. The summed E-state index contributed by atoms with van der Waals surface area (Å²) in [7, 11) is -5.66. The van der Waals surface area contributed by atoms with Crippen molar-refractivity contribution in [3.8, 4) is 0 Å². The maximum absolute atomic E-state index is 13.4. The van der Waals surface area contributed by atoms with E-state index in [1.54, 1.807) is 0 Å². The molecule has 3 rings (SSSR count). The van der Waals surface area contributed by atoms with E-state index in [0.717, 1.165) is 36.4 Å². The number of carboxylic acids is 3. The van der Waals surface area contributed by atoms with Crippen molar-refractivity contribution in [2.45, 2.75) is 0 Å². The molecule has 3 N–H and O–H groups in total. The Morgan fingerprint density at radius 1 is 0.447 bits per heavy atom.